The summed E-state index contributed by atoms with van der Waals surface area (Å²) in [6, 6.07) is 3.47. The zero-order chi connectivity index (χ0) is 14.7. The van der Waals surface area contributed by atoms with Crippen molar-refractivity contribution in [3.8, 4) is 0 Å². The van der Waals surface area contributed by atoms with Crippen molar-refractivity contribution >= 4 is 23.5 Å². The number of carboxylic acids is 1. The van der Waals surface area contributed by atoms with Gasteiger partial charge in [0.05, 0.1) is 0 Å². The largest absolute Gasteiger partial charge is 0.476 e. The Labute approximate surface area is 114 Å². The van der Waals surface area contributed by atoms with Crippen LogP contribution in [0.1, 0.15) is 16.1 Å². The maximum Gasteiger partial charge on any atom is 0.413 e. The van der Waals surface area contributed by atoms with Crippen LogP contribution in [0, 0.1) is 6.92 Å². The second-order valence-corrected chi connectivity index (χ2v) is 4.06. The van der Waals surface area contributed by atoms with Gasteiger partial charge in [0, 0.05) is 6.20 Å². The first-order chi connectivity index (χ1) is 9.52. The number of aromatic nitrogens is 2. The summed E-state index contributed by atoms with van der Waals surface area (Å²) in [5, 5.41) is 11.5. The maximum absolute atomic E-state index is 11.6. The zero-order valence-corrected chi connectivity index (χ0v) is 10.8. The molecule has 2 aromatic heterocycles. The molecule has 0 aliphatic carbocycles. The lowest BCUT2D eigenvalue weighted by atomic mass is 10.3. The number of anilines is 1. The van der Waals surface area contributed by atoms with Crippen LogP contribution in [-0.2, 0) is 4.74 Å². The van der Waals surface area contributed by atoms with Crippen molar-refractivity contribution in [1.82, 2.24) is 9.38 Å². The number of imidazole rings is 1. The Bertz CT molecular complexity index is 690. The fourth-order valence-corrected chi connectivity index (χ4v) is 1.69. The van der Waals surface area contributed by atoms with Gasteiger partial charge in [-0.2, -0.15) is 0 Å². The molecule has 2 heterocycles. The Balaban J connectivity index is 2.45. The van der Waals surface area contributed by atoms with E-state index in [9.17, 15) is 9.59 Å². The number of fused-ring (bicyclic) bond motifs is 1. The summed E-state index contributed by atoms with van der Waals surface area (Å²) < 4.78 is 6.27. The molecule has 0 spiro atoms. The third-order valence-electron chi connectivity index (χ3n) is 2.52. The molecule has 2 N–H and O–H groups in total. The molecule has 0 radical (unpaired) electrons. The van der Waals surface area contributed by atoms with E-state index in [-0.39, 0.29) is 18.1 Å². The molecule has 0 aliphatic rings. The van der Waals surface area contributed by atoms with Gasteiger partial charge in [-0.1, -0.05) is 18.7 Å². The zero-order valence-electron chi connectivity index (χ0n) is 10.8. The van der Waals surface area contributed by atoms with Gasteiger partial charge in [-0.25, -0.2) is 14.6 Å². The van der Waals surface area contributed by atoms with Gasteiger partial charge in [0.1, 0.15) is 12.3 Å². The third-order valence-corrected chi connectivity index (χ3v) is 2.52. The van der Waals surface area contributed by atoms with E-state index < -0.39 is 12.1 Å². The lowest BCUT2D eigenvalue weighted by Crippen LogP contribution is -2.17. The quantitative estimate of drug-likeness (QED) is 0.833. The van der Waals surface area contributed by atoms with Crippen LogP contribution >= 0.6 is 0 Å². The number of hydrogen-bond acceptors (Lipinski definition) is 4. The fourth-order valence-electron chi connectivity index (χ4n) is 1.69. The number of nitrogens with zero attached hydrogens (tertiary/aromatic N) is 2. The van der Waals surface area contributed by atoms with Gasteiger partial charge in [-0.15, -0.1) is 0 Å². The lowest BCUT2D eigenvalue weighted by molar-refractivity contribution is 0.0692. The van der Waals surface area contributed by atoms with E-state index in [0.29, 0.717) is 5.65 Å². The van der Waals surface area contributed by atoms with Gasteiger partial charge in [0.2, 0.25) is 0 Å². The fraction of sp³-hybridized carbons (Fsp3) is 0.154. The Morgan fingerprint density at radius 2 is 2.30 bits per heavy atom. The first-order valence-corrected chi connectivity index (χ1v) is 5.79. The second kappa shape index (κ2) is 5.43. The van der Waals surface area contributed by atoms with Crippen molar-refractivity contribution in [3.63, 3.8) is 0 Å². The van der Waals surface area contributed by atoms with Crippen molar-refractivity contribution in [3.05, 3.63) is 42.2 Å². The molecule has 0 bridgehead atoms. The molecular weight excluding hydrogens is 262 g/mol. The molecule has 7 heteroatoms. The Morgan fingerprint density at radius 1 is 1.55 bits per heavy atom. The predicted molar refractivity (Wildman–Crippen MR) is 72.1 cm³/mol. The van der Waals surface area contributed by atoms with Crippen LogP contribution in [0.15, 0.2) is 31.0 Å². The molecule has 0 fully saturated rings. The number of hydrogen-bond donors (Lipinski definition) is 2. The summed E-state index contributed by atoms with van der Waals surface area (Å²) in [4.78, 5) is 26.7. The molecule has 2 rings (SSSR count). The van der Waals surface area contributed by atoms with E-state index >= 15 is 0 Å². The molecule has 0 unspecified atom stereocenters. The maximum atomic E-state index is 11.6. The summed E-state index contributed by atoms with van der Waals surface area (Å²) in [6.07, 6.45) is 2.32. The van der Waals surface area contributed by atoms with E-state index in [2.05, 4.69) is 16.9 Å². The third kappa shape index (κ3) is 2.61. The minimum Gasteiger partial charge on any atom is -0.476 e. The number of carboxylic acid groups (broad SMARTS) is 1. The Kier molecular flexibility index (Phi) is 3.69. The molecule has 0 aliphatic heterocycles. The summed E-state index contributed by atoms with van der Waals surface area (Å²) in [7, 11) is 0. The van der Waals surface area contributed by atoms with Gasteiger partial charge in [-0.05, 0) is 18.6 Å². The van der Waals surface area contributed by atoms with E-state index in [0.717, 1.165) is 5.56 Å². The number of amides is 1. The van der Waals surface area contributed by atoms with Crippen LogP contribution in [0.4, 0.5) is 10.6 Å². The predicted octanol–water partition coefficient (Wildman–Crippen LogP) is 2.08. The van der Waals surface area contributed by atoms with Gasteiger partial charge in [0.15, 0.2) is 11.5 Å². The number of carbonyl (C=O) groups is 2. The molecule has 0 saturated heterocycles. The monoisotopic (exact) mass is 275 g/mol. The average molecular weight is 275 g/mol. The van der Waals surface area contributed by atoms with Crippen LogP contribution in [0.25, 0.3) is 5.65 Å². The normalized spacial score (nSPS) is 10.2. The Morgan fingerprint density at radius 3 is 2.95 bits per heavy atom. The smallest absolute Gasteiger partial charge is 0.413 e. The number of pyridine rings is 1. The molecule has 104 valence electrons. The summed E-state index contributed by atoms with van der Waals surface area (Å²) in [5.74, 6) is -1.17. The molecular formula is C13H13N3O4. The highest BCUT2D eigenvalue weighted by atomic mass is 16.5. The summed E-state index contributed by atoms with van der Waals surface area (Å²) in [6.45, 7) is 5.30. The number of nitrogens with one attached hydrogen (secondary N) is 1. The minimum absolute atomic E-state index is 0.0317. The number of aromatic carboxylic acids is 1. The van der Waals surface area contributed by atoms with Gasteiger partial charge in [-0.3, -0.25) is 9.72 Å². The number of rotatable bonds is 4. The molecule has 0 aromatic carbocycles. The number of aryl methyl sites for hydroxylation is 1. The number of carbonyl (C=O) groups excluding carboxylic acids is 1. The average Bonchev–Trinajstić information content (AvgIpc) is 2.75. The van der Waals surface area contributed by atoms with E-state index in [1.807, 2.05) is 6.92 Å². The lowest BCUT2D eigenvalue weighted by Gasteiger charge is -2.06. The highest BCUT2D eigenvalue weighted by Crippen LogP contribution is 2.19. The van der Waals surface area contributed by atoms with Crippen LogP contribution < -0.4 is 5.32 Å². The minimum atomic E-state index is -1.23. The molecule has 1 amide bonds. The van der Waals surface area contributed by atoms with Crippen molar-refractivity contribution in [2.45, 2.75) is 6.92 Å². The van der Waals surface area contributed by atoms with Crippen molar-refractivity contribution in [2.75, 3.05) is 11.9 Å². The highest BCUT2D eigenvalue weighted by molar-refractivity contribution is 5.97. The van der Waals surface area contributed by atoms with E-state index in [4.69, 9.17) is 9.84 Å². The second-order valence-electron chi connectivity index (χ2n) is 4.06. The van der Waals surface area contributed by atoms with Gasteiger partial charge >= 0.3 is 12.1 Å². The van der Waals surface area contributed by atoms with E-state index in [1.54, 1.807) is 18.3 Å². The van der Waals surface area contributed by atoms with E-state index in [1.165, 1.54) is 10.5 Å². The van der Waals surface area contributed by atoms with Crippen molar-refractivity contribution in [2.24, 2.45) is 0 Å². The van der Waals surface area contributed by atoms with Gasteiger partial charge < -0.3 is 9.84 Å². The van der Waals surface area contributed by atoms with Crippen molar-refractivity contribution in [1.29, 1.82) is 0 Å². The van der Waals surface area contributed by atoms with Crippen LogP contribution in [0.5, 0.6) is 0 Å². The Hall–Kier alpha value is -2.83. The summed E-state index contributed by atoms with van der Waals surface area (Å²) in [5.41, 5.74) is 1.08. The standard InChI is InChI=1S/C13H13N3O4/c1-3-6-20-13(19)15-11-10(12(17)18)14-9-5-4-8(2)7-16(9)11/h3-5,7H,1,6H2,2H3,(H,15,19)(H,17,18). The molecule has 0 saturated carbocycles. The first kappa shape index (κ1) is 13.6. The SMILES string of the molecule is C=CCOC(=O)Nc1c(C(=O)O)nc2ccc(C)cn12. The van der Waals surface area contributed by atoms with Crippen molar-refractivity contribution < 1.29 is 19.4 Å². The molecule has 7 nitrogen and oxygen atoms in total. The topological polar surface area (TPSA) is 92.9 Å². The van der Waals surface area contributed by atoms with Crippen LogP contribution in [-0.4, -0.2) is 33.2 Å². The number of ether oxygens (including phenoxy) is 1. The molecule has 0 atom stereocenters. The molecule has 2 aromatic rings. The first-order valence-electron chi connectivity index (χ1n) is 5.79. The van der Waals surface area contributed by atoms with Crippen LogP contribution in [0.2, 0.25) is 0 Å². The highest BCUT2D eigenvalue weighted by Gasteiger charge is 2.20. The molecule has 20 heavy (non-hydrogen) atoms. The summed E-state index contributed by atoms with van der Waals surface area (Å²) >= 11 is 0. The van der Waals surface area contributed by atoms with Gasteiger partial charge in [0.25, 0.3) is 0 Å². The van der Waals surface area contributed by atoms with Crippen LogP contribution in [0.3, 0.4) is 0 Å².